The number of ether oxygens (including phenoxy) is 1. The summed E-state index contributed by atoms with van der Waals surface area (Å²) in [5.41, 5.74) is -0.948. The molecule has 3 nitrogen and oxygen atoms in total. The SMILES string of the molecule is C=C[C@@](C)(CO)C(=O)OCC. The largest absolute Gasteiger partial charge is 0.465 e. The van der Waals surface area contributed by atoms with Crippen molar-refractivity contribution in [1.82, 2.24) is 0 Å². The predicted molar refractivity (Wildman–Crippen MR) is 42.0 cm³/mol. The fraction of sp³-hybridized carbons (Fsp3) is 0.625. The zero-order valence-electron chi connectivity index (χ0n) is 6.96. The van der Waals surface area contributed by atoms with Crippen LogP contribution in [0.4, 0.5) is 0 Å². The van der Waals surface area contributed by atoms with Crippen molar-refractivity contribution < 1.29 is 14.6 Å². The van der Waals surface area contributed by atoms with Gasteiger partial charge in [-0.25, -0.2) is 0 Å². The third kappa shape index (κ3) is 2.35. The number of aliphatic hydroxyl groups is 1. The van der Waals surface area contributed by atoms with E-state index in [2.05, 4.69) is 6.58 Å². The molecule has 0 heterocycles. The normalized spacial score (nSPS) is 15.2. The molecule has 0 rings (SSSR count). The Hall–Kier alpha value is -0.830. The molecule has 0 radical (unpaired) electrons. The first-order valence-electron chi connectivity index (χ1n) is 3.52. The van der Waals surface area contributed by atoms with Crippen LogP contribution in [0.25, 0.3) is 0 Å². The van der Waals surface area contributed by atoms with E-state index in [4.69, 9.17) is 9.84 Å². The van der Waals surface area contributed by atoms with E-state index in [1.54, 1.807) is 13.8 Å². The molecule has 0 aromatic rings. The molecule has 0 amide bonds. The van der Waals surface area contributed by atoms with Gasteiger partial charge in [0.1, 0.15) is 5.41 Å². The Labute approximate surface area is 66.7 Å². The number of carbonyl (C=O) groups excluding carboxylic acids is 1. The van der Waals surface area contributed by atoms with Gasteiger partial charge in [-0.15, -0.1) is 6.58 Å². The van der Waals surface area contributed by atoms with Crippen LogP contribution in [-0.2, 0) is 9.53 Å². The molecule has 0 aromatic heterocycles. The van der Waals surface area contributed by atoms with Gasteiger partial charge in [-0.3, -0.25) is 4.79 Å². The lowest BCUT2D eigenvalue weighted by Crippen LogP contribution is -2.31. The molecule has 0 aliphatic rings. The number of hydrogen-bond acceptors (Lipinski definition) is 3. The topological polar surface area (TPSA) is 46.5 Å². The second kappa shape index (κ2) is 4.13. The van der Waals surface area contributed by atoms with Crippen LogP contribution in [0.3, 0.4) is 0 Å². The average molecular weight is 158 g/mol. The van der Waals surface area contributed by atoms with Gasteiger partial charge in [0.2, 0.25) is 0 Å². The van der Waals surface area contributed by atoms with E-state index < -0.39 is 11.4 Å². The summed E-state index contributed by atoms with van der Waals surface area (Å²) in [7, 11) is 0. The van der Waals surface area contributed by atoms with Crippen LogP contribution in [0, 0.1) is 5.41 Å². The Morgan fingerprint density at radius 2 is 2.36 bits per heavy atom. The van der Waals surface area contributed by atoms with Crippen molar-refractivity contribution >= 4 is 5.97 Å². The summed E-state index contributed by atoms with van der Waals surface area (Å²) >= 11 is 0. The van der Waals surface area contributed by atoms with Crippen LogP contribution in [0.2, 0.25) is 0 Å². The lowest BCUT2D eigenvalue weighted by Gasteiger charge is -2.19. The van der Waals surface area contributed by atoms with Gasteiger partial charge in [-0.1, -0.05) is 6.08 Å². The van der Waals surface area contributed by atoms with Crippen LogP contribution < -0.4 is 0 Å². The second-order valence-electron chi connectivity index (χ2n) is 2.50. The molecule has 0 fully saturated rings. The lowest BCUT2D eigenvalue weighted by atomic mass is 9.92. The molecule has 0 spiro atoms. The van der Waals surface area contributed by atoms with Crippen LogP contribution in [0.5, 0.6) is 0 Å². The molecular formula is C8H14O3. The van der Waals surface area contributed by atoms with Crippen molar-refractivity contribution in [3.63, 3.8) is 0 Å². The second-order valence-corrected chi connectivity index (χ2v) is 2.50. The van der Waals surface area contributed by atoms with E-state index in [1.165, 1.54) is 6.08 Å². The quantitative estimate of drug-likeness (QED) is 0.484. The highest BCUT2D eigenvalue weighted by Gasteiger charge is 2.30. The summed E-state index contributed by atoms with van der Waals surface area (Å²) in [5.74, 6) is -0.433. The molecule has 64 valence electrons. The first-order chi connectivity index (χ1) is 5.10. The van der Waals surface area contributed by atoms with Crippen LogP contribution in [0.1, 0.15) is 13.8 Å². The van der Waals surface area contributed by atoms with Crippen LogP contribution in [0.15, 0.2) is 12.7 Å². The molecule has 3 heteroatoms. The Kier molecular flexibility index (Phi) is 3.82. The lowest BCUT2D eigenvalue weighted by molar-refractivity contribution is -0.153. The predicted octanol–water partition coefficient (Wildman–Crippen LogP) is 0.734. The van der Waals surface area contributed by atoms with E-state index in [9.17, 15) is 4.79 Å². The Morgan fingerprint density at radius 1 is 1.82 bits per heavy atom. The zero-order chi connectivity index (χ0) is 8.91. The maximum atomic E-state index is 11.1. The van der Waals surface area contributed by atoms with Gasteiger partial charge in [-0.2, -0.15) is 0 Å². The van der Waals surface area contributed by atoms with E-state index in [-0.39, 0.29) is 6.61 Å². The summed E-state index contributed by atoms with van der Waals surface area (Å²) in [6.45, 7) is 6.80. The molecule has 0 bridgehead atoms. The van der Waals surface area contributed by atoms with Crippen LogP contribution in [-0.4, -0.2) is 24.3 Å². The van der Waals surface area contributed by atoms with Crippen molar-refractivity contribution in [2.75, 3.05) is 13.2 Å². The Bertz CT molecular complexity index is 153. The fourth-order valence-corrected chi connectivity index (χ4v) is 0.508. The van der Waals surface area contributed by atoms with Crippen molar-refractivity contribution in [2.45, 2.75) is 13.8 Å². The van der Waals surface area contributed by atoms with Crippen molar-refractivity contribution in [2.24, 2.45) is 5.41 Å². The summed E-state index contributed by atoms with van der Waals surface area (Å²) in [6, 6.07) is 0. The molecule has 1 atom stereocenters. The van der Waals surface area contributed by atoms with Crippen molar-refractivity contribution in [1.29, 1.82) is 0 Å². The fourth-order valence-electron chi connectivity index (χ4n) is 0.508. The minimum Gasteiger partial charge on any atom is -0.465 e. The number of carbonyl (C=O) groups is 1. The van der Waals surface area contributed by atoms with Crippen LogP contribution >= 0.6 is 0 Å². The third-order valence-corrected chi connectivity index (χ3v) is 1.52. The Balaban J connectivity index is 4.24. The van der Waals surface area contributed by atoms with Gasteiger partial charge in [0.05, 0.1) is 13.2 Å². The molecule has 0 aliphatic heterocycles. The van der Waals surface area contributed by atoms with Crippen molar-refractivity contribution in [3.05, 3.63) is 12.7 Å². The standard InChI is InChI=1S/C8H14O3/c1-4-8(3,6-9)7(10)11-5-2/h4,9H,1,5-6H2,2-3H3/t8-/m0/s1. The first-order valence-corrected chi connectivity index (χ1v) is 3.52. The van der Waals surface area contributed by atoms with E-state index in [1.807, 2.05) is 0 Å². The maximum absolute atomic E-state index is 11.1. The molecule has 0 unspecified atom stereocenters. The van der Waals surface area contributed by atoms with Gasteiger partial charge in [-0.05, 0) is 13.8 Å². The molecule has 0 aliphatic carbocycles. The monoisotopic (exact) mass is 158 g/mol. The summed E-state index contributed by atoms with van der Waals surface area (Å²) in [4.78, 5) is 11.1. The molecule has 11 heavy (non-hydrogen) atoms. The number of esters is 1. The summed E-state index contributed by atoms with van der Waals surface area (Å²) in [5, 5.41) is 8.81. The Morgan fingerprint density at radius 3 is 2.64 bits per heavy atom. The molecule has 0 saturated carbocycles. The number of rotatable bonds is 4. The molecular weight excluding hydrogens is 144 g/mol. The van der Waals surface area contributed by atoms with Gasteiger partial charge in [0.25, 0.3) is 0 Å². The highest BCUT2D eigenvalue weighted by atomic mass is 16.5. The van der Waals surface area contributed by atoms with Gasteiger partial charge >= 0.3 is 5.97 Å². The zero-order valence-corrected chi connectivity index (χ0v) is 6.96. The van der Waals surface area contributed by atoms with Gasteiger partial charge in [0, 0.05) is 0 Å². The third-order valence-electron chi connectivity index (χ3n) is 1.52. The summed E-state index contributed by atoms with van der Waals surface area (Å²) < 4.78 is 4.72. The highest BCUT2D eigenvalue weighted by Crippen LogP contribution is 2.18. The molecule has 0 aromatic carbocycles. The van der Waals surface area contributed by atoms with E-state index >= 15 is 0 Å². The minimum atomic E-state index is -0.948. The first kappa shape index (κ1) is 10.2. The number of aliphatic hydroxyl groups excluding tert-OH is 1. The van der Waals surface area contributed by atoms with E-state index in [0.717, 1.165) is 0 Å². The number of hydrogen-bond donors (Lipinski definition) is 1. The van der Waals surface area contributed by atoms with E-state index in [0.29, 0.717) is 6.61 Å². The summed E-state index contributed by atoms with van der Waals surface area (Å²) in [6.07, 6.45) is 1.39. The average Bonchev–Trinajstić information content (AvgIpc) is 2.03. The van der Waals surface area contributed by atoms with Gasteiger partial charge in [0.15, 0.2) is 0 Å². The van der Waals surface area contributed by atoms with Crippen molar-refractivity contribution in [3.8, 4) is 0 Å². The minimum absolute atomic E-state index is 0.269. The van der Waals surface area contributed by atoms with Gasteiger partial charge < -0.3 is 9.84 Å². The molecule has 1 N–H and O–H groups in total. The molecule has 0 saturated heterocycles. The maximum Gasteiger partial charge on any atom is 0.317 e. The highest BCUT2D eigenvalue weighted by molar-refractivity contribution is 5.78. The smallest absolute Gasteiger partial charge is 0.317 e.